The summed E-state index contributed by atoms with van der Waals surface area (Å²) in [5.41, 5.74) is 7.79. The monoisotopic (exact) mass is 259 g/mol. The zero-order chi connectivity index (χ0) is 9.68. The average molecular weight is 260 g/mol. The molecule has 13 heavy (non-hydrogen) atoms. The van der Waals surface area contributed by atoms with Gasteiger partial charge in [-0.15, -0.1) is 0 Å². The Bertz CT molecular complexity index is 276. The molecule has 0 aliphatic heterocycles. The first-order chi connectivity index (χ1) is 6.24. The minimum atomic E-state index is 0.816. The van der Waals surface area contributed by atoms with Crippen LogP contribution in [-0.2, 0) is 5.75 Å². The maximum Gasteiger partial charge on any atom is 0.0325 e. The van der Waals surface area contributed by atoms with Crippen LogP contribution in [-0.4, -0.2) is 5.75 Å². The summed E-state index contributed by atoms with van der Waals surface area (Å²) in [4.78, 5) is 0. The Balaban J connectivity index is 2.56. The van der Waals surface area contributed by atoms with Crippen molar-refractivity contribution in [1.82, 2.24) is 0 Å². The van der Waals surface area contributed by atoms with Gasteiger partial charge in [0.05, 0.1) is 0 Å². The lowest BCUT2D eigenvalue weighted by Gasteiger charge is -2.04. The smallest absolute Gasteiger partial charge is 0.0325 e. The van der Waals surface area contributed by atoms with E-state index in [1.165, 1.54) is 17.7 Å². The van der Waals surface area contributed by atoms with Gasteiger partial charge in [-0.1, -0.05) is 28.9 Å². The summed E-state index contributed by atoms with van der Waals surface area (Å²) < 4.78 is 1.12. The molecule has 0 atom stereocenters. The van der Waals surface area contributed by atoms with Gasteiger partial charge in [0.25, 0.3) is 0 Å². The summed E-state index contributed by atoms with van der Waals surface area (Å²) in [6, 6.07) is 6.00. The molecule has 0 aromatic heterocycles. The Kier molecular flexibility index (Phi) is 4.67. The van der Waals surface area contributed by atoms with E-state index in [4.69, 9.17) is 5.73 Å². The first-order valence-electron chi connectivity index (χ1n) is 4.35. The Morgan fingerprint density at radius 1 is 1.46 bits per heavy atom. The van der Waals surface area contributed by atoms with Crippen LogP contribution in [0.2, 0.25) is 0 Å². The van der Waals surface area contributed by atoms with Crippen molar-refractivity contribution in [2.75, 3.05) is 11.5 Å². The molecule has 1 aromatic carbocycles. The van der Waals surface area contributed by atoms with Gasteiger partial charge in [-0.25, -0.2) is 0 Å². The summed E-state index contributed by atoms with van der Waals surface area (Å²) in [6.45, 7) is 2.20. The number of hydrogen-bond acceptors (Lipinski definition) is 2. The molecule has 3 heteroatoms. The van der Waals surface area contributed by atoms with Crippen LogP contribution in [0.5, 0.6) is 0 Å². The maximum atomic E-state index is 5.65. The molecule has 1 nitrogen and oxygen atoms in total. The van der Waals surface area contributed by atoms with E-state index in [1.807, 2.05) is 23.9 Å². The van der Waals surface area contributed by atoms with E-state index in [1.54, 1.807) is 0 Å². The second kappa shape index (κ2) is 5.55. The fourth-order valence-corrected chi connectivity index (χ4v) is 2.63. The minimum absolute atomic E-state index is 0.816. The van der Waals surface area contributed by atoms with Crippen LogP contribution in [0.3, 0.4) is 0 Å². The van der Waals surface area contributed by atoms with E-state index in [9.17, 15) is 0 Å². The highest BCUT2D eigenvalue weighted by Crippen LogP contribution is 2.24. The zero-order valence-electron chi connectivity index (χ0n) is 7.72. The molecule has 0 unspecified atom stereocenters. The molecule has 0 aliphatic carbocycles. The Hall–Kier alpha value is -0.150. The lowest BCUT2D eigenvalue weighted by molar-refractivity contribution is 1.10. The molecule has 0 heterocycles. The predicted octanol–water partition coefficient (Wildman–Crippen LogP) is 3.67. The zero-order valence-corrected chi connectivity index (χ0v) is 10.1. The van der Waals surface area contributed by atoms with Gasteiger partial charge in [0.2, 0.25) is 0 Å². The van der Waals surface area contributed by atoms with Crippen LogP contribution in [0.25, 0.3) is 0 Å². The van der Waals surface area contributed by atoms with Gasteiger partial charge in [-0.05, 0) is 29.9 Å². The van der Waals surface area contributed by atoms with Gasteiger partial charge in [0.1, 0.15) is 0 Å². The normalized spacial score (nSPS) is 10.3. The van der Waals surface area contributed by atoms with E-state index >= 15 is 0 Å². The summed E-state index contributed by atoms with van der Waals surface area (Å²) in [5, 5.41) is 0. The van der Waals surface area contributed by atoms with E-state index in [2.05, 4.69) is 28.9 Å². The molecule has 0 bridgehead atoms. The molecular formula is C10H14BrNS. The summed E-state index contributed by atoms with van der Waals surface area (Å²) in [7, 11) is 0. The molecule has 0 amide bonds. The number of benzene rings is 1. The molecule has 0 aliphatic rings. The van der Waals surface area contributed by atoms with Crippen LogP contribution in [0.4, 0.5) is 5.69 Å². The lowest BCUT2D eigenvalue weighted by Crippen LogP contribution is -1.88. The Morgan fingerprint density at radius 3 is 2.85 bits per heavy atom. The van der Waals surface area contributed by atoms with Crippen LogP contribution in [0.15, 0.2) is 22.7 Å². The van der Waals surface area contributed by atoms with Crippen LogP contribution < -0.4 is 5.73 Å². The number of rotatable bonds is 4. The van der Waals surface area contributed by atoms with Crippen molar-refractivity contribution in [3.8, 4) is 0 Å². The summed E-state index contributed by atoms with van der Waals surface area (Å²) in [5.74, 6) is 2.28. The van der Waals surface area contributed by atoms with Crippen molar-refractivity contribution in [3.05, 3.63) is 28.2 Å². The number of anilines is 1. The van der Waals surface area contributed by atoms with E-state index in [0.717, 1.165) is 15.9 Å². The third kappa shape index (κ3) is 3.61. The van der Waals surface area contributed by atoms with Gasteiger partial charge in [0.15, 0.2) is 0 Å². The number of hydrogen-bond donors (Lipinski definition) is 1. The molecule has 1 aromatic rings. The second-order valence-corrected chi connectivity index (χ2v) is 4.86. The van der Waals surface area contributed by atoms with Crippen molar-refractivity contribution in [2.45, 2.75) is 19.1 Å². The molecule has 0 radical (unpaired) electrons. The number of nitrogens with two attached hydrogens (primary N) is 1. The Labute approximate surface area is 92.2 Å². The minimum Gasteiger partial charge on any atom is -0.399 e. The van der Waals surface area contributed by atoms with Gasteiger partial charge in [-0.3, -0.25) is 0 Å². The quantitative estimate of drug-likeness (QED) is 0.660. The highest BCUT2D eigenvalue weighted by atomic mass is 79.9. The van der Waals surface area contributed by atoms with E-state index < -0.39 is 0 Å². The van der Waals surface area contributed by atoms with Gasteiger partial charge < -0.3 is 5.73 Å². The standard InChI is InChI=1S/C10H14BrNS/c1-2-5-13-7-8-3-4-9(12)6-10(8)11/h3-4,6H,2,5,7,12H2,1H3. The maximum absolute atomic E-state index is 5.65. The van der Waals surface area contributed by atoms with Crippen molar-refractivity contribution >= 4 is 33.4 Å². The topological polar surface area (TPSA) is 26.0 Å². The van der Waals surface area contributed by atoms with Crippen LogP contribution in [0, 0.1) is 0 Å². The van der Waals surface area contributed by atoms with Gasteiger partial charge in [0, 0.05) is 15.9 Å². The van der Waals surface area contributed by atoms with Crippen molar-refractivity contribution in [3.63, 3.8) is 0 Å². The van der Waals surface area contributed by atoms with Gasteiger partial charge in [-0.2, -0.15) is 11.8 Å². The highest BCUT2D eigenvalue weighted by molar-refractivity contribution is 9.10. The average Bonchev–Trinajstić information content (AvgIpc) is 2.09. The molecule has 0 saturated carbocycles. The molecular weight excluding hydrogens is 246 g/mol. The van der Waals surface area contributed by atoms with Crippen LogP contribution in [0.1, 0.15) is 18.9 Å². The number of nitrogen functional groups attached to an aromatic ring is 1. The summed E-state index contributed by atoms with van der Waals surface area (Å²) >= 11 is 5.46. The van der Waals surface area contributed by atoms with Crippen molar-refractivity contribution in [2.24, 2.45) is 0 Å². The van der Waals surface area contributed by atoms with Crippen LogP contribution >= 0.6 is 27.7 Å². The fraction of sp³-hybridized carbons (Fsp3) is 0.400. The van der Waals surface area contributed by atoms with Crippen molar-refractivity contribution < 1.29 is 0 Å². The molecule has 0 fully saturated rings. The predicted molar refractivity (Wildman–Crippen MR) is 65.0 cm³/mol. The largest absolute Gasteiger partial charge is 0.399 e. The summed E-state index contributed by atoms with van der Waals surface area (Å²) in [6.07, 6.45) is 1.23. The highest BCUT2D eigenvalue weighted by Gasteiger charge is 1.99. The Morgan fingerprint density at radius 2 is 2.23 bits per heavy atom. The number of thioether (sulfide) groups is 1. The molecule has 1 rings (SSSR count). The van der Waals surface area contributed by atoms with Gasteiger partial charge >= 0.3 is 0 Å². The van der Waals surface area contributed by atoms with E-state index in [0.29, 0.717) is 0 Å². The SMILES string of the molecule is CCCSCc1ccc(N)cc1Br. The third-order valence-electron chi connectivity index (χ3n) is 1.68. The first-order valence-corrected chi connectivity index (χ1v) is 6.30. The van der Waals surface area contributed by atoms with Crippen molar-refractivity contribution in [1.29, 1.82) is 0 Å². The molecule has 72 valence electrons. The lowest BCUT2D eigenvalue weighted by atomic mass is 10.2. The van der Waals surface area contributed by atoms with E-state index in [-0.39, 0.29) is 0 Å². The third-order valence-corrected chi connectivity index (χ3v) is 3.63. The number of halogens is 1. The fourth-order valence-electron chi connectivity index (χ4n) is 1.01. The molecule has 0 spiro atoms. The second-order valence-electron chi connectivity index (χ2n) is 2.90. The first kappa shape index (κ1) is 10.9. The molecule has 2 N–H and O–H groups in total. The molecule has 0 saturated heterocycles.